The van der Waals surface area contributed by atoms with Gasteiger partial charge in [-0.05, 0) is 84.8 Å². The minimum atomic E-state index is -0.588. The van der Waals surface area contributed by atoms with E-state index in [1.165, 1.54) is 17.8 Å². The number of hydrogen-bond acceptors (Lipinski definition) is 5. The predicted molar refractivity (Wildman–Crippen MR) is 190 cm³/mol. The predicted octanol–water partition coefficient (Wildman–Crippen LogP) is 8.62. The second-order valence-electron chi connectivity index (χ2n) is 10.2. The number of nitrogens with one attached hydrogen (secondary N) is 3. The van der Waals surface area contributed by atoms with Gasteiger partial charge in [-0.15, -0.1) is 11.8 Å². The third-order valence-corrected chi connectivity index (χ3v) is 8.45. The molecule has 0 radical (unpaired) electrons. The van der Waals surface area contributed by atoms with E-state index < -0.39 is 17.1 Å². The summed E-state index contributed by atoms with van der Waals surface area (Å²) < 4.78 is 5.51. The topological polar surface area (TPSA) is 96.5 Å². The highest BCUT2D eigenvalue weighted by atomic mass is 35.5. The molecule has 0 saturated carbocycles. The minimum Gasteiger partial charge on any atom is -0.494 e. The van der Waals surface area contributed by atoms with Gasteiger partial charge in [-0.1, -0.05) is 84.4 Å². The molecule has 0 bridgehead atoms. The molecule has 1 atom stereocenters. The standard InChI is InChI=1S/C38H32ClN3O4S/c1-2-46-31-22-20-29(21-23-31)40-38(45)35(26-12-5-3-6-13-26)47-32-18-11-17-30(25-32)41-37(44)34(24-28-16-9-10-19-33(28)39)42-36(43)27-14-7-4-8-15-27/h3-25,35H,2H2,1H3,(H,40,45)(H,41,44)(H,42,43)/b34-24+. The fourth-order valence-corrected chi connectivity index (χ4v) is 5.86. The molecule has 0 aliphatic rings. The normalized spacial score (nSPS) is 11.7. The summed E-state index contributed by atoms with van der Waals surface area (Å²) in [7, 11) is 0. The largest absolute Gasteiger partial charge is 0.494 e. The lowest BCUT2D eigenvalue weighted by Crippen LogP contribution is -2.30. The van der Waals surface area contributed by atoms with E-state index in [1.54, 1.807) is 84.9 Å². The first-order valence-corrected chi connectivity index (χ1v) is 16.1. The van der Waals surface area contributed by atoms with Gasteiger partial charge in [-0.3, -0.25) is 14.4 Å². The van der Waals surface area contributed by atoms with Gasteiger partial charge in [0.15, 0.2) is 0 Å². The van der Waals surface area contributed by atoms with Crippen molar-refractivity contribution in [2.75, 3.05) is 17.2 Å². The lowest BCUT2D eigenvalue weighted by atomic mass is 10.1. The van der Waals surface area contributed by atoms with E-state index in [9.17, 15) is 14.4 Å². The maximum absolute atomic E-state index is 13.6. The molecule has 0 spiro atoms. The number of rotatable bonds is 12. The number of carbonyl (C=O) groups is 3. The Hall–Kier alpha value is -5.31. The molecule has 236 valence electrons. The second-order valence-corrected chi connectivity index (χ2v) is 11.8. The molecule has 3 N–H and O–H groups in total. The van der Waals surface area contributed by atoms with Gasteiger partial charge in [0.1, 0.15) is 16.7 Å². The first-order chi connectivity index (χ1) is 22.9. The average Bonchev–Trinajstić information content (AvgIpc) is 3.09. The van der Waals surface area contributed by atoms with Crippen molar-refractivity contribution in [1.29, 1.82) is 0 Å². The molecule has 0 heterocycles. The summed E-state index contributed by atoms with van der Waals surface area (Å²) in [5.74, 6) is -0.451. The van der Waals surface area contributed by atoms with Crippen LogP contribution in [-0.4, -0.2) is 24.3 Å². The zero-order valence-corrected chi connectivity index (χ0v) is 27.1. The molecule has 1 unspecified atom stereocenters. The van der Waals surface area contributed by atoms with Gasteiger partial charge in [0, 0.05) is 26.9 Å². The van der Waals surface area contributed by atoms with Crippen LogP contribution in [0.3, 0.4) is 0 Å². The fourth-order valence-electron chi connectivity index (χ4n) is 4.58. The van der Waals surface area contributed by atoms with Crippen LogP contribution in [-0.2, 0) is 9.59 Å². The molecule has 5 aromatic carbocycles. The Morgan fingerprint density at radius 2 is 1.45 bits per heavy atom. The first-order valence-electron chi connectivity index (χ1n) is 14.9. The van der Waals surface area contributed by atoms with Crippen LogP contribution in [0.5, 0.6) is 5.75 Å². The fraction of sp³-hybridized carbons (Fsp3) is 0.0789. The van der Waals surface area contributed by atoms with Gasteiger partial charge in [0.2, 0.25) is 5.91 Å². The van der Waals surface area contributed by atoms with Crippen molar-refractivity contribution in [2.24, 2.45) is 0 Å². The van der Waals surface area contributed by atoms with E-state index in [0.717, 1.165) is 16.2 Å². The Balaban J connectivity index is 1.36. The smallest absolute Gasteiger partial charge is 0.272 e. The SMILES string of the molecule is CCOc1ccc(NC(=O)C(Sc2cccc(NC(=O)/C(=C\c3ccccc3Cl)NC(=O)c3ccccc3)c2)c2ccccc2)cc1. The maximum atomic E-state index is 13.6. The summed E-state index contributed by atoms with van der Waals surface area (Å²) >= 11 is 7.73. The highest BCUT2D eigenvalue weighted by Gasteiger charge is 2.23. The van der Waals surface area contributed by atoms with Gasteiger partial charge >= 0.3 is 0 Å². The van der Waals surface area contributed by atoms with Crippen LogP contribution in [0.15, 0.2) is 144 Å². The van der Waals surface area contributed by atoms with Crippen LogP contribution in [0.25, 0.3) is 6.08 Å². The lowest BCUT2D eigenvalue weighted by molar-refractivity contribution is -0.116. The highest BCUT2D eigenvalue weighted by molar-refractivity contribution is 8.00. The monoisotopic (exact) mass is 661 g/mol. The van der Waals surface area contributed by atoms with Gasteiger partial charge in [-0.2, -0.15) is 0 Å². The zero-order valence-electron chi connectivity index (χ0n) is 25.5. The van der Waals surface area contributed by atoms with Crippen molar-refractivity contribution in [2.45, 2.75) is 17.1 Å². The van der Waals surface area contributed by atoms with E-state index in [1.807, 2.05) is 55.5 Å². The first kappa shape index (κ1) is 33.1. The molecule has 9 heteroatoms. The Morgan fingerprint density at radius 1 is 0.766 bits per heavy atom. The number of anilines is 2. The number of amides is 3. The number of ether oxygens (including phenoxy) is 1. The van der Waals surface area contributed by atoms with Crippen molar-refractivity contribution in [1.82, 2.24) is 5.32 Å². The molecular weight excluding hydrogens is 630 g/mol. The summed E-state index contributed by atoms with van der Waals surface area (Å²) in [5.41, 5.74) is 2.94. The van der Waals surface area contributed by atoms with E-state index in [2.05, 4.69) is 16.0 Å². The molecule has 0 fully saturated rings. The van der Waals surface area contributed by atoms with Crippen molar-refractivity contribution >= 4 is 58.5 Å². The summed E-state index contributed by atoms with van der Waals surface area (Å²) in [5, 5.41) is 8.47. The van der Waals surface area contributed by atoms with Crippen molar-refractivity contribution in [3.8, 4) is 5.75 Å². The Kier molecular flexibility index (Phi) is 11.5. The van der Waals surface area contributed by atoms with Crippen LogP contribution in [0.1, 0.15) is 33.7 Å². The second kappa shape index (κ2) is 16.3. The number of hydrogen-bond donors (Lipinski definition) is 3. The quantitative estimate of drug-likeness (QED) is 0.0919. The number of benzene rings is 5. The molecule has 5 rings (SSSR count). The molecule has 0 aromatic heterocycles. The number of halogens is 1. The van der Waals surface area contributed by atoms with Gasteiger partial charge < -0.3 is 20.7 Å². The number of carbonyl (C=O) groups excluding carboxylic acids is 3. The summed E-state index contributed by atoms with van der Waals surface area (Å²) in [6, 6.07) is 39.6. The van der Waals surface area contributed by atoms with Crippen LogP contribution in [0.2, 0.25) is 5.02 Å². The average molecular weight is 662 g/mol. The summed E-state index contributed by atoms with van der Waals surface area (Å²) in [6.07, 6.45) is 1.54. The Morgan fingerprint density at radius 3 is 2.15 bits per heavy atom. The maximum Gasteiger partial charge on any atom is 0.272 e. The third kappa shape index (κ3) is 9.36. The van der Waals surface area contributed by atoms with E-state index >= 15 is 0 Å². The summed E-state index contributed by atoms with van der Waals surface area (Å²) in [6.45, 7) is 2.47. The van der Waals surface area contributed by atoms with Gasteiger partial charge in [0.05, 0.1) is 6.61 Å². The molecule has 7 nitrogen and oxygen atoms in total. The van der Waals surface area contributed by atoms with Gasteiger partial charge in [0.25, 0.3) is 11.8 Å². The molecule has 0 aliphatic carbocycles. The van der Waals surface area contributed by atoms with Crippen LogP contribution in [0, 0.1) is 0 Å². The van der Waals surface area contributed by atoms with Crippen molar-refractivity contribution < 1.29 is 19.1 Å². The van der Waals surface area contributed by atoms with E-state index in [0.29, 0.717) is 34.1 Å². The van der Waals surface area contributed by atoms with Crippen LogP contribution < -0.4 is 20.7 Å². The van der Waals surface area contributed by atoms with Gasteiger partial charge in [-0.25, -0.2) is 0 Å². The Bertz CT molecular complexity index is 1870. The summed E-state index contributed by atoms with van der Waals surface area (Å²) in [4.78, 5) is 41.0. The molecule has 0 saturated heterocycles. The molecule has 0 aliphatic heterocycles. The zero-order chi connectivity index (χ0) is 33.0. The molecule has 47 heavy (non-hydrogen) atoms. The molecular formula is C38H32ClN3O4S. The lowest BCUT2D eigenvalue weighted by Gasteiger charge is -2.18. The Labute approximate surface area is 283 Å². The number of thioether (sulfide) groups is 1. The van der Waals surface area contributed by atoms with Crippen molar-refractivity contribution in [3.05, 3.63) is 161 Å². The highest BCUT2D eigenvalue weighted by Crippen LogP contribution is 2.37. The van der Waals surface area contributed by atoms with E-state index in [-0.39, 0.29) is 11.6 Å². The van der Waals surface area contributed by atoms with E-state index in [4.69, 9.17) is 16.3 Å². The third-order valence-electron chi connectivity index (χ3n) is 6.85. The minimum absolute atomic E-state index is 0.0157. The molecule has 3 amide bonds. The molecule has 5 aromatic rings. The van der Waals surface area contributed by atoms with Crippen LogP contribution >= 0.6 is 23.4 Å². The van der Waals surface area contributed by atoms with Crippen molar-refractivity contribution in [3.63, 3.8) is 0 Å². The van der Waals surface area contributed by atoms with Crippen LogP contribution in [0.4, 0.5) is 11.4 Å².